The fourth-order valence-corrected chi connectivity index (χ4v) is 2.19. The highest BCUT2D eigenvalue weighted by atomic mass is 79.9. The third-order valence-corrected chi connectivity index (χ3v) is 3.50. The molecule has 0 N–H and O–H groups in total. The number of hydrogen-bond acceptors (Lipinski definition) is 1. The van der Waals surface area contributed by atoms with Gasteiger partial charge in [0.25, 0.3) is 0 Å². The third-order valence-electron chi connectivity index (χ3n) is 2.58. The summed E-state index contributed by atoms with van der Waals surface area (Å²) in [7, 11) is 0. The monoisotopic (exact) mass is 364 g/mol. The Morgan fingerprint density at radius 1 is 0.950 bits per heavy atom. The lowest BCUT2D eigenvalue weighted by molar-refractivity contribution is 0.273. The zero-order chi connectivity index (χ0) is 14.7. The average molecular weight is 366 g/mol. The average Bonchev–Trinajstić information content (AvgIpc) is 2.41. The van der Waals surface area contributed by atoms with Crippen LogP contribution in [0.5, 0.6) is 5.75 Å². The molecule has 2 rings (SSSR count). The minimum Gasteiger partial charge on any atom is -0.483 e. The second-order valence-electron chi connectivity index (χ2n) is 4.06. The smallest absolute Gasteiger partial charge is 0.191 e. The number of benzene rings is 2. The van der Waals surface area contributed by atoms with Crippen LogP contribution in [0, 0.1) is 17.5 Å². The highest BCUT2D eigenvalue weighted by Gasteiger charge is 2.13. The number of ether oxygens (including phenoxy) is 1. The van der Waals surface area contributed by atoms with Crippen LogP contribution in [0.15, 0.2) is 34.8 Å². The Morgan fingerprint density at radius 3 is 2.15 bits per heavy atom. The van der Waals surface area contributed by atoms with Crippen LogP contribution < -0.4 is 4.74 Å². The molecule has 0 bridgehead atoms. The Kier molecular flexibility index (Phi) is 4.94. The van der Waals surface area contributed by atoms with Crippen molar-refractivity contribution in [3.05, 3.63) is 63.4 Å². The van der Waals surface area contributed by atoms with Gasteiger partial charge in [-0.05, 0) is 51.3 Å². The molecule has 0 radical (unpaired) electrons. The molecular formula is C14H9BrClF3O. The number of alkyl halides is 1. The first-order valence-electron chi connectivity index (χ1n) is 5.62. The van der Waals surface area contributed by atoms with Gasteiger partial charge < -0.3 is 4.74 Å². The number of hydrogen-bond donors (Lipinski definition) is 0. The highest BCUT2D eigenvalue weighted by Crippen LogP contribution is 2.25. The molecule has 2 aromatic rings. The maximum atomic E-state index is 13.7. The first-order valence-corrected chi connectivity index (χ1v) is 6.94. The molecule has 0 saturated heterocycles. The zero-order valence-electron chi connectivity index (χ0n) is 10.1. The Balaban J connectivity index is 2.16. The van der Waals surface area contributed by atoms with Crippen molar-refractivity contribution in [1.29, 1.82) is 0 Å². The normalized spacial score (nSPS) is 10.7. The van der Waals surface area contributed by atoms with Crippen LogP contribution in [-0.2, 0) is 12.5 Å². The molecule has 0 heterocycles. The van der Waals surface area contributed by atoms with Crippen molar-refractivity contribution in [3.63, 3.8) is 0 Å². The fourth-order valence-electron chi connectivity index (χ4n) is 1.61. The van der Waals surface area contributed by atoms with Gasteiger partial charge in [-0.3, -0.25) is 0 Å². The predicted molar refractivity (Wildman–Crippen MR) is 74.3 cm³/mol. The van der Waals surface area contributed by atoms with Gasteiger partial charge in [0, 0.05) is 5.88 Å². The summed E-state index contributed by atoms with van der Waals surface area (Å²) in [4.78, 5) is 0. The van der Waals surface area contributed by atoms with E-state index in [4.69, 9.17) is 16.3 Å². The largest absolute Gasteiger partial charge is 0.483 e. The predicted octanol–water partition coefficient (Wildman–Crippen LogP) is 5.18. The Labute approximate surface area is 127 Å². The molecule has 0 atom stereocenters. The van der Waals surface area contributed by atoms with E-state index in [1.165, 1.54) is 18.2 Å². The van der Waals surface area contributed by atoms with Gasteiger partial charge in [-0.15, -0.1) is 11.6 Å². The van der Waals surface area contributed by atoms with Crippen LogP contribution in [0.2, 0.25) is 0 Å². The van der Waals surface area contributed by atoms with Gasteiger partial charge in [-0.2, -0.15) is 0 Å². The maximum Gasteiger partial charge on any atom is 0.191 e. The molecule has 0 saturated carbocycles. The second kappa shape index (κ2) is 6.50. The van der Waals surface area contributed by atoms with Gasteiger partial charge in [-0.1, -0.05) is 6.07 Å². The van der Waals surface area contributed by atoms with Crippen molar-refractivity contribution >= 4 is 27.5 Å². The topological polar surface area (TPSA) is 9.23 Å². The van der Waals surface area contributed by atoms with Gasteiger partial charge in [0.05, 0.1) is 4.47 Å². The number of rotatable bonds is 4. The molecule has 0 aliphatic rings. The van der Waals surface area contributed by atoms with Crippen molar-refractivity contribution in [3.8, 4) is 5.75 Å². The van der Waals surface area contributed by atoms with E-state index in [1.54, 1.807) is 0 Å². The summed E-state index contributed by atoms with van der Waals surface area (Å²) in [5.74, 6) is -2.51. The summed E-state index contributed by atoms with van der Waals surface area (Å²) in [6, 6.07) is 6.44. The van der Waals surface area contributed by atoms with E-state index in [1.807, 2.05) is 0 Å². The quantitative estimate of drug-likeness (QED) is 0.678. The Bertz CT molecular complexity index is 611. The molecule has 0 unspecified atom stereocenters. The fraction of sp³-hybridized carbons (Fsp3) is 0.143. The minimum absolute atomic E-state index is 0.0129. The third kappa shape index (κ3) is 3.46. The van der Waals surface area contributed by atoms with Gasteiger partial charge in [0.15, 0.2) is 17.4 Å². The lowest BCUT2D eigenvalue weighted by atomic mass is 10.2. The molecule has 0 aliphatic carbocycles. The van der Waals surface area contributed by atoms with Crippen LogP contribution >= 0.6 is 27.5 Å². The van der Waals surface area contributed by atoms with E-state index in [0.717, 1.165) is 12.1 Å². The first-order chi connectivity index (χ1) is 9.51. The summed E-state index contributed by atoms with van der Waals surface area (Å²) >= 11 is 8.54. The molecule has 0 fully saturated rings. The van der Waals surface area contributed by atoms with Gasteiger partial charge >= 0.3 is 0 Å². The number of halogens is 5. The molecule has 1 nitrogen and oxygen atoms in total. The zero-order valence-corrected chi connectivity index (χ0v) is 12.4. The minimum atomic E-state index is -0.818. The van der Waals surface area contributed by atoms with Crippen molar-refractivity contribution in [2.75, 3.05) is 0 Å². The van der Waals surface area contributed by atoms with Crippen LogP contribution in [0.3, 0.4) is 0 Å². The van der Waals surface area contributed by atoms with Crippen LogP contribution in [0.1, 0.15) is 11.1 Å². The lowest BCUT2D eigenvalue weighted by Gasteiger charge is -2.10. The Morgan fingerprint density at radius 2 is 1.60 bits per heavy atom. The molecule has 0 spiro atoms. The molecule has 6 heteroatoms. The van der Waals surface area contributed by atoms with E-state index >= 15 is 0 Å². The van der Waals surface area contributed by atoms with E-state index in [9.17, 15) is 13.2 Å². The van der Waals surface area contributed by atoms with E-state index in [-0.39, 0.29) is 17.0 Å². The van der Waals surface area contributed by atoms with Crippen LogP contribution in [-0.4, -0.2) is 0 Å². The van der Waals surface area contributed by atoms with E-state index in [0.29, 0.717) is 11.1 Å². The molecular weight excluding hydrogens is 357 g/mol. The molecule has 0 aromatic heterocycles. The van der Waals surface area contributed by atoms with Crippen molar-refractivity contribution in [2.24, 2.45) is 0 Å². The van der Waals surface area contributed by atoms with E-state index in [2.05, 4.69) is 15.9 Å². The Hall–Kier alpha value is -1.20. The SMILES string of the molecule is Fc1ccc(COc2c(F)cc(CCl)cc2F)cc1Br. The standard InChI is InChI=1S/C14H9BrClF3O/c15-10-3-8(1-2-11(10)17)7-20-14-12(18)4-9(6-16)5-13(14)19/h1-5H,6-7H2. The van der Waals surface area contributed by atoms with Crippen molar-refractivity contribution < 1.29 is 17.9 Å². The van der Waals surface area contributed by atoms with E-state index < -0.39 is 23.2 Å². The van der Waals surface area contributed by atoms with Gasteiger partial charge in [0.2, 0.25) is 0 Å². The summed E-state index contributed by atoms with van der Waals surface area (Å²) in [6.45, 7) is -0.0764. The van der Waals surface area contributed by atoms with Gasteiger partial charge in [0.1, 0.15) is 12.4 Å². The summed E-state index contributed by atoms with van der Waals surface area (Å²) in [5, 5.41) is 0. The molecule has 0 aliphatic heterocycles. The molecule has 20 heavy (non-hydrogen) atoms. The highest BCUT2D eigenvalue weighted by molar-refractivity contribution is 9.10. The summed E-state index contributed by atoms with van der Waals surface area (Å²) < 4.78 is 45.7. The van der Waals surface area contributed by atoms with Crippen molar-refractivity contribution in [1.82, 2.24) is 0 Å². The first kappa shape index (κ1) is 15.2. The van der Waals surface area contributed by atoms with Crippen LogP contribution in [0.25, 0.3) is 0 Å². The van der Waals surface area contributed by atoms with Crippen LogP contribution in [0.4, 0.5) is 13.2 Å². The molecule has 106 valence electrons. The molecule has 0 amide bonds. The summed E-state index contributed by atoms with van der Waals surface area (Å²) in [6.07, 6.45) is 0. The molecule has 2 aromatic carbocycles. The second-order valence-corrected chi connectivity index (χ2v) is 5.18. The van der Waals surface area contributed by atoms with Gasteiger partial charge in [-0.25, -0.2) is 13.2 Å². The lowest BCUT2D eigenvalue weighted by Crippen LogP contribution is -2.01. The summed E-state index contributed by atoms with van der Waals surface area (Å²) in [5.41, 5.74) is 0.914. The van der Waals surface area contributed by atoms with Crippen molar-refractivity contribution in [2.45, 2.75) is 12.5 Å². The maximum absolute atomic E-state index is 13.7.